The maximum Gasteiger partial charge on any atom is 0.252 e. The second kappa shape index (κ2) is 9.11. The number of aliphatic hydroxyl groups is 1. The molecule has 4 nitrogen and oxygen atoms in total. The van der Waals surface area contributed by atoms with Gasteiger partial charge in [-0.2, -0.15) is 0 Å². The Kier molecular flexibility index (Phi) is 6.10. The van der Waals surface area contributed by atoms with Gasteiger partial charge >= 0.3 is 0 Å². The summed E-state index contributed by atoms with van der Waals surface area (Å²) >= 11 is 0. The quantitative estimate of drug-likeness (QED) is 0.452. The van der Waals surface area contributed by atoms with E-state index in [0.29, 0.717) is 12.0 Å². The van der Waals surface area contributed by atoms with Gasteiger partial charge in [-0.1, -0.05) is 85.8 Å². The van der Waals surface area contributed by atoms with E-state index in [1.165, 1.54) is 0 Å². The Labute approximate surface area is 182 Å². The van der Waals surface area contributed by atoms with Crippen molar-refractivity contribution >= 4 is 16.8 Å². The van der Waals surface area contributed by atoms with Crippen LogP contribution in [0.3, 0.4) is 0 Å². The summed E-state index contributed by atoms with van der Waals surface area (Å²) in [4.78, 5) is 18.6. The highest BCUT2D eigenvalue weighted by Crippen LogP contribution is 2.31. The van der Waals surface area contributed by atoms with Gasteiger partial charge in [0.25, 0.3) is 5.91 Å². The number of rotatable bonds is 6. The minimum Gasteiger partial charge on any atom is -0.391 e. The van der Waals surface area contributed by atoms with Crippen LogP contribution in [-0.2, 0) is 6.42 Å². The fraction of sp³-hybridized carbons (Fsp3) is 0.185. The zero-order valence-electron chi connectivity index (χ0n) is 17.7. The van der Waals surface area contributed by atoms with E-state index < -0.39 is 12.1 Å². The highest BCUT2D eigenvalue weighted by atomic mass is 16.3. The maximum atomic E-state index is 13.7. The molecule has 0 fully saturated rings. The number of carbonyl (C=O) groups excluding carboxylic acids is 1. The third kappa shape index (κ3) is 4.21. The number of fused-ring (bicyclic) bond motifs is 1. The average Bonchev–Trinajstić information content (AvgIpc) is 2.82. The molecule has 0 spiro atoms. The van der Waals surface area contributed by atoms with Gasteiger partial charge in [-0.3, -0.25) is 4.79 Å². The molecule has 4 rings (SSSR count). The predicted octanol–water partition coefficient (Wildman–Crippen LogP) is 5.32. The molecule has 0 bridgehead atoms. The molecule has 3 aromatic carbocycles. The van der Waals surface area contributed by atoms with E-state index >= 15 is 0 Å². The third-order valence-corrected chi connectivity index (χ3v) is 5.55. The summed E-state index contributed by atoms with van der Waals surface area (Å²) in [5.41, 5.74) is 4.96. The van der Waals surface area contributed by atoms with Crippen LogP contribution < -0.4 is 5.32 Å². The van der Waals surface area contributed by atoms with Crippen molar-refractivity contribution in [3.05, 3.63) is 102 Å². The molecule has 4 heteroatoms. The normalized spacial score (nSPS) is 13.0. The summed E-state index contributed by atoms with van der Waals surface area (Å²) in [6.45, 7) is 3.73. The van der Waals surface area contributed by atoms with Gasteiger partial charge in [-0.05, 0) is 30.5 Å². The molecule has 0 radical (unpaired) electrons. The molecule has 0 saturated carbocycles. The number of nitrogens with one attached hydrogen (secondary N) is 1. The Hall–Kier alpha value is -3.50. The summed E-state index contributed by atoms with van der Waals surface area (Å²) in [5.74, 6) is -0.206. The van der Waals surface area contributed by atoms with Crippen LogP contribution in [0.15, 0.2) is 84.9 Å². The van der Waals surface area contributed by atoms with Crippen LogP contribution >= 0.6 is 0 Å². The smallest absolute Gasteiger partial charge is 0.252 e. The van der Waals surface area contributed by atoms with Crippen LogP contribution in [-0.4, -0.2) is 22.1 Å². The first-order valence-electron chi connectivity index (χ1n) is 10.6. The fourth-order valence-corrected chi connectivity index (χ4v) is 4.05. The van der Waals surface area contributed by atoms with E-state index in [9.17, 15) is 9.90 Å². The number of pyridine rings is 1. The van der Waals surface area contributed by atoms with E-state index in [4.69, 9.17) is 4.98 Å². The van der Waals surface area contributed by atoms with Crippen molar-refractivity contribution in [3.8, 4) is 11.3 Å². The summed E-state index contributed by atoms with van der Waals surface area (Å²) in [6.07, 6.45) is -0.0757. The number of aliphatic hydroxyl groups excluding tert-OH is 1. The van der Waals surface area contributed by atoms with Gasteiger partial charge in [-0.15, -0.1) is 0 Å². The minimum absolute atomic E-state index is 0.206. The molecule has 2 N–H and O–H groups in total. The summed E-state index contributed by atoms with van der Waals surface area (Å²) in [7, 11) is 0. The average molecular weight is 411 g/mol. The topological polar surface area (TPSA) is 62.2 Å². The summed E-state index contributed by atoms with van der Waals surface area (Å²) in [5, 5.41) is 14.3. The van der Waals surface area contributed by atoms with Crippen molar-refractivity contribution in [2.75, 3.05) is 0 Å². The van der Waals surface area contributed by atoms with Crippen molar-refractivity contribution in [2.45, 2.75) is 32.4 Å². The molecule has 0 aliphatic heterocycles. The molecule has 4 aromatic rings. The third-order valence-electron chi connectivity index (χ3n) is 5.55. The van der Waals surface area contributed by atoms with Crippen LogP contribution in [0, 0.1) is 0 Å². The Balaban J connectivity index is 1.86. The first-order valence-corrected chi connectivity index (χ1v) is 10.6. The lowest BCUT2D eigenvalue weighted by molar-refractivity contribution is 0.0859. The largest absolute Gasteiger partial charge is 0.391 e. The Bertz CT molecular complexity index is 1190. The molecule has 156 valence electrons. The molecule has 0 aliphatic carbocycles. The highest BCUT2D eigenvalue weighted by molar-refractivity contribution is 6.09. The summed E-state index contributed by atoms with van der Waals surface area (Å²) < 4.78 is 0. The molecule has 2 atom stereocenters. The predicted molar refractivity (Wildman–Crippen MR) is 125 cm³/mol. The van der Waals surface area contributed by atoms with Crippen molar-refractivity contribution in [1.29, 1.82) is 0 Å². The SMILES string of the molecule is CCc1c(-c2ccccc2)nc2ccccc2c1C(=O)NC(c1ccccc1)C(C)O. The van der Waals surface area contributed by atoms with E-state index in [1.54, 1.807) is 6.92 Å². The summed E-state index contributed by atoms with van der Waals surface area (Å²) in [6, 6.07) is 26.7. The van der Waals surface area contributed by atoms with Crippen LogP contribution in [0.5, 0.6) is 0 Å². The molecule has 0 aliphatic rings. The number of aromatic nitrogens is 1. The van der Waals surface area contributed by atoms with Gasteiger partial charge in [0.1, 0.15) is 0 Å². The van der Waals surface area contributed by atoms with E-state index in [0.717, 1.165) is 33.3 Å². The van der Waals surface area contributed by atoms with Crippen LogP contribution in [0.4, 0.5) is 0 Å². The van der Waals surface area contributed by atoms with Gasteiger partial charge < -0.3 is 10.4 Å². The van der Waals surface area contributed by atoms with Gasteiger partial charge in [-0.25, -0.2) is 4.98 Å². The number of para-hydroxylation sites is 1. The molecule has 1 heterocycles. The number of hydrogen-bond acceptors (Lipinski definition) is 3. The van der Waals surface area contributed by atoms with Crippen LogP contribution in [0.25, 0.3) is 22.2 Å². The standard InChI is InChI=1S/C27H26N2O2/c1-3-21-24(27(31)29-25(18(2)30)19-12-6-4-7-13-19)22-16-10-11-17-23(22)28-26(21)20-14-8-5-9-15-20/h4-18,25,30H,3H2,1-2H3,(H,29,31). The number of nitrogens with zero attached hydrogens (tertiary/aromatic N) is 1. The van der Waals surface area contributed by atoms with Gasteiger partial charge in [0, 0.05) is 10.9 Å². The molecule has 0 saturated heterocycles. The first-order chi connectivity index (χ1) is 15.1. The van der Waals surface area contributed by atoms with Gasteiger partial charge in [0.15, 0.2) is 0 Å². The zero-order valence-corrected chi connectivity index (χ0v) is 17.7. The molecule has 31 heavy (non-hydrogen) atoms. The second-order valence-electron chi connectivity index (χ2n) is 7.65. The molecule has 1 aromatic heterocycles. The first kappa shape index (κ1) is 20.8. The van der Waals surface area contributed by atoms with E-state index in [1.807, 2.05) is 91.9 Å². The van der Waals surface area contributed by atoms with Crippen molar-refractivity contribution in [3.63, 3.8) is 0 Å². The minimum atomic E-state index is -0.738. The number of hydrogen-bond donors (Lipinski definition) is 2. The molecular formula is C27H26N2O2. The monoisotopic (exact) mass is 410 g/mol. The Morgan fingerprint density at radius 1 is 0.935 bits per heavy atom. The Morgan fingerprint density at radius 3 is 2.19 bits per heavy atom. The van der Waals surface area contributed by atoms with Gasteiger partial charge in [0.2, 0.25) is 0 Å². The molecular weight excluding hydrogens is 384 g/mol. The zero-order chi connectivity index (χ0) is 21.8. The van der Waals surface area contributed by atoms with Crippen molar-refractivity contribution in [2.24, 2.45) is 0 Å². The van der Waals surface area contributed by atoms with E-state index in [-0.39, 0.29) is 5.91 Å². The van der Waals surface area contributed by atoms with Crippen LogP contribution in [0.2, 0.25) is 0 Å². The lowest BCUT2D eigenvalue weighted by Gasteiger charge is -2.24. The van der Waals surface area contributed by atoms with Crippen molar-refractivity contribution in [1.82, 2.24) is 10.3 Å². The lowest BCUT2D eigenvalue weighted by atomic mass is 9.93. The van der Waals surface area contributed by atoms with E-state index in [2.05, 4.69) is 5.32 Å². The van der Waals surface area contributed by atoms with Crippen LogP contribution in [0.1, 0.15) is 41.4 Å². The molecule has 1 amide bonds. The number of carbonyl (C=O) groups is 1. The number of benzene rings is 3. The van der Waals surface area contributed by atoms with Gasteiger partial charge in [0.05, 0.1) is 28.9 Å². The van der Waals surface area contributed by atoms with Crippen molar-refractivity contribution < 1.29 is 9.90 Å². The Morgan fingerprint density at radius 2 is 1.55 bits per heavy atom. The second-order valence-corrected chi connectivity index (χ2v) is 7.65. The lowest BCUT2D eigenvalue weighted by Crippen LogP contribution is -2.35. The fourth-order valence-electron chi connectivity index (χ4n) is 4.05. The number of amides is 1. The molecule has 2 unspecified atom stereocenters. The highest BCUT2D eigenvalue weighted by Gasteiger charge is 2.25. The maximum absolute atomic E-state index is 13.7.